The van der Waals surface area contributed by atoms with Crippen LogP contribution in [0.25, 0.3) is 0 Å². The second-order valence-corrected chi connectivity index (χ2v) is 7.62. The first-order valence-electron chi connectivity index (χ1n) is 5.23. The number of hydrogen-bond acceptors (Lipinski definition) is 2. The predicted molar refractivity (Wildman–Crippen MR) is 74.0 cm³/mol. The number of likely N-dealkylation sites (tertiary alicyclic amines) is 1. The summed E-state index contributed by atoms with van der Waals surface area (Å²) in [5.41, 5.74) is 0. The molecule has 2 atom stereocenters. The van der Waals surface area contributed by atoms with E-state index in [0.29, 0.717) is 11.8 Å². The van der Waals surface area contributed by atoms with E-state index in [9.17, 15) is 4.79 Å². The van der Waals surface area contributed by atoms with Crippen molar-refractivity contribution in [3.63, 3.8) is 0 Å². The van der Waals surface area contributed by atoms with Crippen LogP contribution in [-0.4, -0.2) is 23.9 Å². The van der Waals surface area contributed by atoms with Gasteiger partial charge >= 0.3 is 0 Å². The Labute approximate surface area is 116 Å². The number of halogens is 2. The van der Waals surface area contributed by atoms with Crippen LogP contribution in [0.2, 0.25) is 0 Å². The lowest BCUT2D eigenvalue weighted by molar-refractivity contribution is 0.0790. The Bertz CT molecular complexity index is 389. The van der Waals surface area contributed by atoms with Gasteiger partial charge in [-0.25, -0.2) is 0 Å². The predicted octanol–water partition coefficient (Wildman–Crippen LogP) is 4.00. The van der Waals surface area contributed by atoms with Gasteiger partial charge in [0.2, 0.25) is 0 Å². The first-order chi connectivity index (χ1) is 7.49. The van der Waals surface area contributed by atoms with E-state index in [1.165, 1.54) is 11.3 Å². The second kappa shape index (κ2) is 4.78. The van der Waals surface area contributed by atoms with Crippen LogP contribution in [0.5, 0.6) is 0 Å². The van der Waals surface area contributed by atoms with E-state index in [2.05, 4.69) is 45.7 Å². The van der Waals surface area contributed by atoms with Crippen LogP contribution in [0, 0.1) is 11.8 Å². The van der Waals surface area contributed by atoms with Crippen molar-refractivity contribution >= 4 is 49.1 Å². The normalized spacial score (nSPS) is 25.1. The number of hydrogen-bond donors (Lipinski definition) is 0. The van der Waals surface area contributed by atoms with E-state index in [1.807, 2.05) is 11.0 Å². The van der Waals surface area contributed by atoms with Crippen LogP contribution in [0.3, 0.4) is 0 Å². The van der Waals surface area contributed by atoms with E-state index >= 15 is 0 Å². The summed E-state index contributed by atoms with van der Waals surface area (Å²) in [6.45, 7) is 6.18. The standard InChI is InChI=1S/C11H13Br2NOS/c1-6-4-14(5-7(6)2)11(15)9-3-8(12)10(13)16-9/h3,6-7H,4-5H2,1-2H3. The van der Waals surface area contributed by atoms with Crippen molar-refractivity contribution in [2.24, 2.45) is 11.8 Å². The fourth-order valence-corrected chi connectivity index (χ4v) is 3.91. The zero-order chi connectivity index (χ0) is 11.9. The SMILES string of the molecule is CC1CN(C(=O)c2cc(Br)c(Br)s2)CC1C. The molecule has 0 spiro atoms. The number of nitrogens with zero attached hydrogens (tertiary/aromatic N) is 1. The Morgan fingerprint density at radius 1 is 1.38 bits per heavy atom. The van der Waals surface area contributed by atoms with Gasteiger partial charge < -0.3 is 4.90 Å². The Morgan fingerprint density at radius 3 is 2.38 bits per heavy atom. The van der Waals surface area contributed by atoms with Gasteiger partial charge in [-0.2, -0.15) is 0 Å². The molecule has 1 amide bonds. The molecule has 0 bridgehead atoms. The second-order valence-electron chi connectivity index (χ2n) is 4.40. The van der Waals surface area contributed by atoms with E-state index in [-0.39, 0.29) is 5.91 Å². The summed E-state index contributed by atoms with van der Waals surface area (Å²) < 4.78 is 1.94. The third-order valence-corrected chi connectivity index (χ3v) is 6.38. The van der Waals surface area contributed by atoms with Crippen molar-refractivity contribution in [3.05, 3.63) is 19.2 Å². The van der Waals surface area contributed by atoms with E-state index in [0.717, 1.165) is 26.2 Å². The van der Waals surface area contributed by atoms with Crippen molar-refractivity contribution in [2.75, 3.05) is 13.1 Å². The summed E-state index contributed by atoms with van der Waals surface area (Å²) >= 11 is 8.32. The highest BCUT2D eigenvalue weighted by Gasteiger charge is 2.30. The third-order valence-electron chi connectivity index (χ3n) is 3.13. The van der Waals surface area contributed by atoms with Gasteiger partial charge in [0.25, 0.3) is 5.91 Å². The Hall–Kier alpha value is 0.130. The summed E-state index contributed by atoms with van der Waals surface area (Å²) in [4.78, 5) is 15.0. The first kappa shape index (κ1) is 12.6. The fourth-order valence-electron chi connectivity index (χ4n) is 1.90. The number of carbonyl (C=O) groups excluding carboxylic acids is 1. The highest BCUT2D eigenvalue weighted by Crippen LogP contribution is 2.34. The van der Waals surface area contributed by atoms with E-state index < -0.39 is 0 Å². The summed E-state index contributed by atoms with van der Waals surface area (Å²) in [5, 5.41) is 0. The van der Waals surface area contributed by atoms with Crippen LogP contribution in [0.15, 0.2) is 14.3 Å². The fraction of sp³-hybridized carbons (Fsp3) is 0.545. The summed E-state index contributed by atoms with van der Waals surface area (Å²) in [6, 6.07) is 1.89. The molecule has 0 N–H and O–H groups in total. The zero-order valence-corrected chi connectivity index (χ0v) is 13.2. The van der Waals surface area contributed by atoms with Crippen molar-refractivity contribution < 1.29 is 4.79 Å². The molecule has 2 heterocycles. The minimum Gasteiger partial charge on any atom is -0.337 e. The molecule has 88 valence electrons. The smallest absolute Gasteiger partial charge is 0.264 e. The van der Waals surface area contributed by atoms with Gasteiger partial charge in [0.15, 0.2) is 0 Å². The largest absolute Gasteiger partial charge is 0.337 e. The molecule has 1 saturated heterocycles. The molecule has 2 unspecified atom stereocenters. The average Bonchev–Trinajstić information content (AvgIpc) is 2.72. The van der Waals surface area contributed by atoms with Crippen molar-refractivity contribution in [3.8, 4) is 0 Å². The third kappa shape index (κ3) is 2.36. The summed E-state index contributed by atoms with van der Waals surface area (Å²) in [5.74, 6) is 1.37. The van der Waals surface area contributed by atoms with Gasteiger partial charge in [0, 0.05) is 17.6 Å². The van der Waals surface area contributed by atoms with Crippen LogP contribution in [-0.2, 0) is 0 Å². The molecule has 0 aromatic carbocycles. The molecule has 0 saturated carbocycles. The van der Waals surface area contributed by atoms with Crippen LogP contribution in [0.4, 0.5) is 0 Å². The molecule has 1 aliphatic rings. The van der Waals surface area contributed by atoms with Crippen LogP contribution in [0.1, 0.15) is 23.5 Å². The highest BCUT2D eigenvalue weighted by molar-refractivity contribution is 9.13. The molecule has 2 nitrogen and oxygen atoms in total. The lowest BCUT2D eigenvalue weighted by Gasteiger charge is -2.14. The Morgan fingerprint density at radius 2 is 1.94 bits per heavy atom. The maximum Gasteiger partial charge on any atom is 0.264 e. The molecule has 16 heavy (non-hydrogen) atoms. The molecule has 5 heteroatoms. The number of carbonyl (C=O) groups is 1. The monoisotopic (exact) mass is 365 g/mol. The minimum absolute atomic E-state index is 0.160. The van der Waals surface area contributed by atoms with Crippen LogP contribution < -0.4 is 0 Å². The van der Waals surface area contributed by atoms with Gasteiger partial charge in [0.1, 0.15) is 0 Å². The molecule has 1 fully saturated rings. The quantitative estimate of drug-likeness (QED) is 0.735. The van der Waals surface area contributed by atoms with E-state index in [4.69, 9.17) is 0 Å². The Balaban J connectivity index is 2.14. The van der Waals surface area contributed by atoms with Crippen molar-refractivity contribution in [1.82, 2.24) is 4.90 Å². The van der Waals surface area contributed by atoms with Gasteiger partial charge in [-0.3, -0.25) is 4.79 Å². The Kier molecular flexibility index (Phi) is 3.76. The van der Waals surface area contributed by atoms with Gasteiger partial charge in [-0.15, -0.1) is 11.3 Å². The molecule has 1 aliphatic heterocycles. The molecule has 1 aromatic heterocycles. The zero-order valence-electron chi connectivity index (χ0n) is 9.17. The van der Waals surface area contributed by atoms with Crippen molar-refractivity contribution in [1.29, 1.82) is 0 Å². The lowest BCUT2D eigenvalue weighted by Crippen LogP contribution is -2.28. The number of rotatable bonds is 1. The van der Waals surface area contributed by atoms with Gasteiger partial charge in [-0.05, 0) is 49.8 Å². The van der Waals surface area contributed by atoms with Gasteiger partial charge in [0.05, 0.1) is 8.66 Å². The lowest BCUT2D eigenvalue weighted by atomic mass is 10.0. The molecule has 1 aromatic rings. The van der Waals surface area contributed by atoms with Crippen LogP contribution >= 0.6 is 43.2 Å². The maximum absolute atomic E-state index is 12.2. The number of amides is 1. The minimum atomic E-state index is 0.160. The van der Waals surface area contributed by atoms with Gasteiger partial charge in [-0.1, -0.05) is 13.8 Å². The molecule has 0 aliphatic carbocycles. The molecular weight excluding hydrogens is 354 g/mol. The average molecular weight is 367 g/mol. The highest BCUT2D eigenvalue weighted by atomic mass is 79.9. The molecule has 2 rings (SSSR count). The summed E-state index contributed by atoms with van der Waals surface area (Å²) in [7, 11) is 0. The van der Waals surface area contributed by atoms with Crippen molar-refractivity contribution in [2.45, 2.75) is 13.8 Å². The van der Waals surface area contributed by atoms with E-state index in [1.54, 1.807) is 0 Å². The summed E-state index contributed by atoms with van der Waals surface area (Å²) in [6.07, 6.45) is 0. The topological polar surface area (TPSA) is 20.3 Å². The molecular formula is C11H13Br2NOS. The first-order valence-corrected chi connectivity index (χ1v) is 7.63. The maximum atomic E-state index is 12.2. The number of thiophene rings is 1. The molecule has 0 radical (unpaired) electrons.